The number of carbonyl (C=O) groups excluding carboxylic acids is 2. The number of Topliss-reactive ketones (excluding diaryl/α,β-unsaturated/α-hetero) is 1. The van der Waals surface area contributed by atoms with Gasteiger partial charge in [0.2, 0.25) is 5.78 Å². The summed E-state index contributed by atoms with van der Waals surface area (Å²) in [5.74, 6) is -1.26. The Bertz CT molecular complexity index is 242. The second-order valence-electron chi connectivity index (χ2n) is 2.48. The Morgan fingerprint density at radius 3 is 2.53 bits per heavy atom. The molecule has 1 amide bonds. The molecule has 0 spiro atoms. The Kier molecular flexibility index (Phi) is 6.81. The maximum absolute atomic E-state index is 10.7. The first kappa shape index (κ1) is 13.3. The lowest BCUT2D eigenvalue weighted by Gasteiger charge is -2.04. The maximum Gasteiger partial charge on any atom is 0.294 e. The van der Waals surface area contributed by atoms with E-state index in [1.807, 2.05) is 0 Å². The summed E-state index contributed by atoms with van der Waals surface area (Å²) in [6, 6.07) is 0. The van der Waals surface area contributed by atoms with E-state index in [1.165, 1.54) is 0 Å². The van der Waals surface area contributed by atoms with E-state index in [1.54, 1.807) is 0 Å². The number of ether oxygens (including phenoxy) is 1. The van der Waals surface area contributed by atoms with Crippen LogP contribution in [0, 0.1) is 10.1 Å². The van der Waals surface area contributed by atoms with Gasteiger partial charge < -0.3 is 14.9 Å². The molecule has 0 saturated carbocycles. The first-order valence-corrected chi connectivity index (χ1v) is 4.18. The second kappa shape index (κ2) is 7.68. The van der Waals surface area contributed by atoms with E-state index in [2.05, 4.69) is 10.2 Å². The molecule has 0 aromatic rings. The number of hydrogen-bond acceptors (Lipinski definition) is 6. The fraction of sp³-hybridized carbons (Fsp3) is 0.714. The van der Waals surface area contributed by atoms with Gasteiger partial charge in [-0.3, -0.25) is 9.59 Å². The number of ketones is 1. The molecule has 8 heteroatoms. The predicted octanol–water partition coefficient (Wildman–Crippen LogP) is -1.08. The van der Waals surface area contributed by atoms with Gasteiger partial charge in [-0.1, -0.05) is 0 Å². The van der Waals surface area contributed by atoms with Crippen molar-refractivity contribution >= 4 is 11.7 Å². The van der Waals surface area contributed by atoms with E-state index in [0.29, 0.717) is 0 Å². The minimum atomic E-state index is -0.916. The minimum absolute atomic E-state index is 0.0525. The van der Waals surface area contributed by atoms with Crippen LogP contribution in [0.25, 0.3) is 0 Å². The third-order valence-corrected chi connectivity index (χ3v) is 1.28. The van der Waals surface area contributed by atoms with E-state index in [9.17, 15) is 19.7 Å². The zero-order valence-corrected chi connectivity index (χ0v) is 8.23. The van der Waals surface area contributed by atoms with Crippen molar-refractivity contribution in [2.24, 2.45) is 0 Å². The first-order chi connectivity index (χ1) is 7.04. The van der Waals surface area contributed by atoms with Crippen LogP contribution in [0.15, 0.2) is 0 Å². The highest BCUT2D eigenvalue weighted by molar-refractivity contribution is 6.35. The molecular weight excluding hydrogens is 208 g/mol. The molecule has 0 unspecified atom stereocenters. The maximum atomic E-state index is 10.7. The summed E-state index contributed by atoms with van der Waals surface area (Å²) in [4.78, 5) is 34.8. The molecule has 1 N–H and O–H groups in total. The lowest BCUT2D eigenvalue weighted by Crippen LogP contribution is -2.32. The molecular formula is C7H12N2O6. The fourth-order valence-corrected chi connectivity index (χ4v) is 0.634. The monoisotopic (exact) mass is 220 g/mol. The van der Waals surface area contributed by atoms with E-state index in [0.717, 1.165) is 6.92 Å². The summed E-state index contributed by atoms with van der Waals surface area (Å²) in [5, 5.41) is 11.1. The molecule has 0 bridgehead atoms. The predicted molar refractivity (Wildman–Crippen MR) is 47.5 cm³/mol. The summed E-state index contributed by atoms with van der Waals surface area (Å²) < 4.78 is 4.86. The van der Waals surface area contributed by atoms with Crippen molar-refractivity contribution in [1.82, 2.24) is 5.32 Å². The van der Waals surface area contributed by atoms with Gasteiger partial charge in [0, 0.05) is 13.5 Å². The SMILES string of the molecule is CC(=O)C(=O)NCCOCCO[N+](=O)[O-]. The number of rotatable bonds is 8. The average Bonchev–Trinajstić information content (AvgIpc) is 2.15. The summed E-state index contributed by atoms with van der Waals surface area (Å²) in [6.45, 7) is 1.39. The third kappa shape index (κ3) is 8.63. The molecule has 0 radical (unpaired) electrons. The van der Waals surface area contributed by atoms with Crippen molar-refractivity contribution in [2.75, 3.05) is 26.4 Å². The van der Waals surface area contributed by atoms with Crippen LogP contribution in [0.4, 0.5) is 0 Å². The van der Waals surface area contributed by atoms with Crippen molar-refractivity contribution in [2.45, 2.75) is 6.92 Å². The zero-order valence-electron chi connectivity index (χ0n) is 8.23. The molecule has 86 valence electrons. The Balaban J connectivity index is 3.22. The Morgan fingerprint density at radius 2 is 2.00 bits per heavy atom. The average molecular weight is 220 g/mol. The van der Waals surface area contributed by atoms with E-state index in [4.69, 9.17) is 4.74 Å². The van der Waals surface area contributed by atoms with Crippen LogP contribution >= 0.6 is 0 Å². The van der Waals surface area contributed by atoms with Crippen LogP contribution in [-0.2, 0) is 19.2 Å². The second-order valence-corrected chi connectivity index (χ2v) is 2.48. The minimum Gasteiger partial charge on any atom is -0.378 e. The van der Waals surface area contributed by atoms with E-state index in [-0.39, 0.29) is 26.4 Å². The van der Waals surface area contributed by atoms with E-state index < -0.39 is 16.8 Å². The smallest absolute Gasteiger partial charge is 0.294 e. The lowest BCUT2D eigenvalue weighted by molar-refractivity contribution is -0.758. The van der Waals surface area contributed by atoms with Crippen molar-refractivity contribution in [3.63, 3.8) is 0 Å². The van der Waals surface area contributed by atoms with Crippen LogP contribution < -0.4 is 5.32 Å². The quantitative estimate of drug-likeness (QED) is 0.241. The molecule has 15 heavy (non-hydrogen) atoms. The van der Waals surface area contributed by atoms with Gasteiger partial charge in [0.05, 0.1) is 13.2 Å². The summed E-state index contributed by atoms with van der Waals surface area (Å²) in [5.41, 5.74) is 0. The highest BCUT2D eigenvalue weighted by atomic mass is 17.0. The summed E-state index contributed by atoms with van der Waals surface area (Å²) in [6.07, 6.45) is 0. The van der Waals surface area contributed by atoms with Gasteiger partial charge in [0.15, 0.2) is 0 Å². The normalized spacial score (nSPS) is 9.40. The molecule has 0 aromatic carbocycles. The van der Waals surface area contributed by atoms with Gasteiger partial charge in [-0.15, -0.1) is 10.1 Å². The molecule has 0 aliphatic heterocycles. The largest absolute Gasteiger partial charge is 0.378 e. The fourth-order valence-electron chi connectivity index (χ4n) is 0.634. The Labute approximate surface area is 85.6 Å². The molecule has 0 atom stereocenters. The van der Waals surface area contributed by atoms with Crippen molar-refractivity contribution in [3.05, 3.63) is 10.1 Å². The Hall–Kier alpha value is -1.70. The number of carbonyl (C=O) groups is 2. The Morgan fingerprint density at radius 1 is 1.33 bits per heavy atom. The zero-order chi connectivity index (χ0) is 11.7. The molecule has 8 nitrogen and oxygen atoms in total. The van der Waals surface area contributed by atoms with Gasteiger partial charge in [-0.25, -0.2) is 0 Å². The molecule has 0 aliphatic rings. The van der Waals surface area contributed by atoms with Gasteiger partial charge in [-0.2, -0.15) is 0 Å². The lowest BCUT2D eigenvalue weighted by atomic mass is 10.4. The van der Waals surface area contributed by atoms with Crippen LogP contribution in [0.5, 0.6) is 0 Å². The van der Waals surface area contributed by atoms with E-state index >= 15 is 0 Å². The van der Waals surface area contributed by atoms with Crippen LogP contribution in [0.1, 0.15) is 6.92 Å². The molecule has 0 rings (SSSR count). The number of nitrogens with one attached hydrogen (secondary N) is 1. The van der Waals surface area contributed by atoms with Gasteiger partial charge in [0.25, 0.3) is 11.0 Å². The van der Waals surface area contributed by atoms with Crippen LogP contribution in [0.3, 0.4) is 0 Å². The van der Waals surface area contributed by atoms with Crippen molar-refractivity contribution in [1.29, 1.82) is 0 Å². The molecule has 0 aromatic heterocycles. The van der Waals surface area contributed by atoms with Crippen LogP contribution in [-0.4, -0.2) is 43.1 Å². The van der Waals surface area contributed by atoms with Crippen molar-refractivity contribution in [3.8, 4) is 0 Å². The highest BCUT2D eigenvalue weighted by Gasteiger charge is 2.04. The molecule has 0 fully saturated rings. The summed E-state index contributed by atoms with van der Waals surface area (Å²) in [7, 11) is 0. The highest BCUT2D eigenvalue weighted by Crippen LogP contribution is 1.78. The summed E-state index contributed by atoms with van der Waals surface area (Å²) >= 11 is 0. The number of hydrogen-bond donors (Lipinski definition) is 1. The molecule has 0 heterocycles. The number of nitrogens with zero attached hydrogens (tertiary/aromatic N) is 1. The van der Waals surface area contributed by atoms with Gasteiger partial charge >= 0.3 is 0 Å². The molecule has 0 aliphatic carbocycles. The van der Waals surface area contributed by atoms with Crippen molar-refractivity contribution < 1.29 is 24.3 Å². The molecule has 0 saturated heterocycles. The number of amides is 1. The first-order valence-electron chi connectivity index (χ1n) is 4.18. The van der Waals surface area contributed by atoms with Gasteiger partial charge in [-0.05, 0) is 0 Å². The standard InChI is InChI=1S/C7H12N2O6/c1-6(10)7(11)8-2-3-14-4-5-15-9(12)13/h2-5H2,1H3,(H,8,11). The van der Waals surface area contributed by atoms with Gasteiger partial charge in [0.1, 0.15) is 6.61 Å². The third-order valence-electron chi connectivity index (χ3n) is 1.28. The topological polar surface area (TPSA) is 108 Å². The van der Waals surface area contributed by atoms with Crippen LogP contribution in [0.2, 0.25) is 0 Å².